The summed E-state index contributed by atoms with van der Waals surface area (Å²) in [6.07, 6.45) is 3.92. The van der Waals surface area contributed by atoms with E-state index in [4.69, 9.17) is 5.73 Å². The summed E-state index contributed by atoms with van der Waals surface area (Å²) in [7, 11) is 0. The number of anilines is 1. The first-order valence-electron chi connectivity index (χ1n) is 7.47. The largest absolute Gasteiger partial charge is 0.396 e. The van der Waals surface area contributed by atoms with E-state index in [2.05, 4.69) is 10.1 Å². The van der Waals surface area contributed by atoms with Crippen molar-refractivity contribution in [1.29, 1.82) is 0 Å². The lowest BCUT2D eigenvalue weighted by Gasteiger charge is -2.28. The Morgan fingerprint density at radius 2 is 2.00 bits per heavy atom. The average molecular weight is 313 g/mol. The molecule has 0 fully saturated rings. The number of fused-ring (bicyclic) bond motifs is 1. The summed E-state index contributed by atoms with van der Waals surface area (Å²) in [5.41, 5.74) is 10.1. The van der Waals surface area contributed by atoms with Crippen molar-refractivity contribution in [1.82, 2.24) is 19.7 Å². The van der Waals surface area contributed by atoms with Crippen LogP contribution in [0.25, 0.3) is 0 Å². The molecular formula is C16H19N5O2. The molecule has 0 atom stereocenters. The average Bonchev–Trinajstić information content (AvgIpc) is 2.80. The number of rotatable bonds is 1. The normalized spacial score (nSPS) is 13.8. The van der Waals surface area contributed by atoms with Gasteiger partial charge >= 0.3 is 0 Å². The Morgan fingerprint density at radius 1 is 1.26 bits per heavy atom. The molecule has 1 aliphatic rings. The first-order chi connectivity index (χ1) is 10.9. The van der Waals surface area contributed by atoms with Gasteiger partial charge in [-0.15, -0.1) is 0 Å². The van der Waals surface area contributed by atoms with E-state index in [1.807, 2.05) is 0 Å². The molecule has 0 aliphatic carbocycles. The molecule has 120 valence electrons. The van der Waals surface area contributed by atoms with E-state index in [-0.39, 0.29) is 11.8 Å². The van der Waals surface area contributed by atoms with Crippen molar-refractivity contribution in [2.45, 2.75) is 33.7 Å². The molecule has 2 aromatic heterocycles. The van der Waals surface area contributed by atoms with Gasteiger partial charge in [0.25, 0.3) is 5.91 Å². The third-order valence-corrected chi connectivity index (χ3v) is 4.36. The molecule has 3 heterocycles. The number of hydrogen-bond donors (Lipinski definition) is 1. The molecule has 23 heavy (non-hydrogen) atoms. The van der Waals surface area contributed by atoms with Gasteiger partial charge < -0.3 is 10.6 Å². The number of nitrogen functional groups attached to an aromatic ring is 1. The molecule has 7 heteroatoms. The minimum absolute atomic E-state index is 0.0266. The van der Waals surface area contributed by atoms with Crippen LogP contribution in [-0.2, 0) is 17.8 Å². The van der Waals surface area contributed by atoms with Crippen LogP contribution in [0.15, 0.2) is 12.4 Å². The Kier molecular flexibility index (Phi) is 3.63. The van der Waals surface area contributed by atoms with Crippen molar-refractivity contribution in [2.75, 3.05) is 12.3 Å². The molecule has 2 N–H and O–H groups in total. The first kappa shape index (κ1) is 15.2. The fourth-order valence-electron chi connectivity index (χ4n) is 2.91. The predicted molar refractivity (Wildman–Crippen MR) is 84.9 cm³/mol. The van der Waals surface area contributed by atoms with Crippen molar-refractivity contribution >= 4 is 17.5 Å². The third-order valence-electron chi connectivity index (χ3n) is 4.36. The molecule has 2 aromatic rings. The van der Waals surface area contributed by atoms with Gasteiger partial charge in [-0.1, -0.05) is 0 Å². The number of carbonyl (C=O) groups excluding carboxylic acids is 2. The predicted octanol–water partition coefficient (Wildman–Crippen LogP) is 1.07. The van der Waals surface area contributed by atoms with Gasteiger partial charge in [-0.2, -0.15) is 9.78 Å². The van der Waals surface area contributed by atoms with E-state index in [0.29, 0.717) is 42.1 Å². The van der Waals surface area contributed by atoms with Crippen LogP contribution in [0, 0.1) is 13.8 Å². The molecule has 0 bridgehead atoms. The van der Waals surface area contributed by atoms with Gasteiger partial charge in [0.05, 0.1) is 22.6 Å². The number of hydrogen-bond acceptors (Lipinski definition) is 5. The van der Waals surface area contributed by atoms with Crippen molar-refractivity contribution < 1.29 is 9.59 Å². The maximum absolute atomic E-state index is 12.8. The second kappa shape index (κ2) is 5.49. The van der Waals surface area contributed by atoms with E-state index in [0.717, 1.165) is 11.1 Å². The van der Waals surface area contributed by atoms with E-state index in [1.54, 1.807) is 38.1 Å². The highest BCUT2D eigenvalue weighted by Crippen LogP contribution is 2.24. The summed E-state index contributed by atoms with van der Waals surface area (Å²) in [4.78, 5) is 30.3. The lowest BCUT2D eigenvalue weighted by atomic mass is 9.96. The van der Waals surface area contributed by atoms with Crippen molar-refractivity contribution in [3.8, 4) is 0 Å². The molecule has 3 rings (SSSR count). The molecule has 1 amide bonds. The van der Waals surface area contributed by atoms with Crippen molar-refractivity contribution in [2.24, 2.45) is 0 Å². The molecule has 0 saturated heterocycles. The first-order valence-corrected chi connectivity index (χ1v) is 7.47. The maximum Gasteiger partial charge on any atom is 0.280 e. The number of amides is 1. The maximum atomic E-state index is 12.8. The summed E-state index contributed by atoms with van der Waals surface area (Å²) in [5, 5.41) is 4.23. The van der Waals surface area contributed by atoms with Crippen LogP contribution >= 0.6 is 0 Å². The highest BCUT2D eigenvalue weighted by molar-refractivity contribution is 5.98. The topological polar surface area (TPSA) is 94.1 Å². The van der Waals surface area contributed by atoms with E-state index >= 15 is 0 Å². The molecule has 0 radical (unpaired) electrons. The highest BCUT2D eigenvalue weighted by atomic mass is 16.2. The molecule has 1 aliphatic heterocycles. The minimum Gasteiger partial charge on any atom is -0.396 e. The van der Waals surface area contributed by atoms with Crippen molar-refractivity contribution in [3.63, 3.8) is 0 Å². The van der Waals surface area contributed by atoms with Gasteiger partial charge in [-0.25, -0.2) is 0 Å². The van der Waals surface area contributed by atoms with Gasteiger partial charge in [0, 0.05) is 32.4 Å². The van der Waals surface area contributed by atoms with Gasteiger partial charge in [0.1, 0.15) is 0 Å². The summed E-state index contributed by atoms with van der Waals surface area (Å²) in [6.45, 7) is 6.18. The van der Waals surface area contributed by atoms with Gasteiger partial charge in [-0.3, -0.25) is 14.6 Å². The summed E-state index contributed by atoms with van der Waals surface area (Å²) in [5.74, 6) is -0.207. The molecule has 0 unspecified atom stereocenters. The second-order valence-electron chi connectivity index (χ2n) is 5.82. The van der Waals surface area contributed by atoms with Gasteiger partial charge in [-0.05, 0) is 31.4 Å². The zero-order valence-electron chi connectivity index (χ0n) is 13.5. The van der Waals surface area contributed by atoms with Gasteiger partial charge in [0.2, 0.25) is 5.91 Å². The van der Waals surface area contributed by atoms with E-state index < -0.39 is 0 Å². The SMILES string of the molecule is CC(=O)N1CCc2c(cncc2C(=O)n2nc(C)c(N)c2C)C1. The van der Waals surface area contributed by atoms with Gasteiger partial charge in [0.15, 0.2) is 0 Å². The zero-order valence-corrected chi connectivity index (χ0v) is 13.5. The van der Waals surface area contributed by atoms with Crippen LogP contribution in [0.1, 0.15) is 39.8 Å². The van der Waals surface area contributed by atoms with Crippen LogP contribution < -0.4 is 5.73 Å². The monoisotopic (exact) mass is 313 g/mol. The zero-order chi connectivity index (χ0) is 16.7. The smallest absolute Gasteiger partial charge is 0.280 e. The summed E-state index contributed by atoms with van der Waals surface area (Å²) >= 11 is 0. The standard InChI is InChI=1S/C16H19N5O2/c1-9-15(17)10(2)21(19-9)16(23)14-7-18-6-12-8-20(11(3)22)5-4-13(12)14/h6-7H,4-5,8,17H2,1-3H3. The highest BCUT2D eigenvalue weighted by Gasteiger charge is 2.25. The number of pyridine rings is 1. The number of carbonyl (C=O) groups is 2. The Morgan fingerprint density at radius 3 is 2.61 bits per heavy atom. The Hall–Kier alpha value is -2.70. The summed E-state index contributed by atoms with van der Waals surface area (Å²) < 4.78 is 1.33. The molecule has 0 saturated carbocycles. The lowest BCUT2D eigenvalue weighted by Crippen LogP contribution is -2.35. The van der Waals surface area contributed by atoms with Crippen molar-refractivity contribution in [3.05, 3.63) is 40.5 Å². The Balaban J connectivity index is 2.02. The fraction of sp³-hybridized carbons (Fsp3) is 0.375. The van der Waals surface area contributed by atoms with Crippen LogP contribution in [-0.4, -0.2) is 38.0 Å². The second-order valence-corrected chi connectivity index (χ2v) is 5.82. The minimum atomic E-state index is -0.233. The molecule has 7 nitrogen and oxygen atoms in total. The molecule has 0 spiro atoms. The van der Waals surface area contributed by atoms with Crippen LogP contribution in [0.5, 0.6) is 0 Å². The lowest BCUT2D eigenvalue weighted by molar-refractivity contribution is -0.129. The van der Waals surface area contributed by atoms with Crippen LogP contribution in [0.3, 0.4) is 0 Å². The Bertz CT molecular complexity index is 809. The molecule has 0 aromatic carbocycles. The quantitative estimate of drug-likeness (QED) is 0.850. The number of aryl methyl sites for hydroxylation is 1. The number of aromatic nitrogens is 3. The van der Waals surface area contributed by atoms with Crippen LogP contribution in [0.2, 0.25) is 0 Å². The third kappa shape index (κ3) is 2.48. The van der Waals surface area contributed by atoms with E-state index in [1.165, 1.54) is 4.68 Å². The van der Waals surface area contributed by atoms with E-state index in [9.17, 15) is 9.59 Å². The number of nitrogens with two attached hydrogens (primary N) is 1. The fourth-order valence-corrected chi connectivity index (χ4v) is 2.91. The van der Waals surface area contributed by atoms with Crippen LogP contribution in [0.4, 0.5) is 5.69 Å². The Labute approximate surface area is 134 Å². The molecular weight excluding hydrogens is 294 g/mol. The summed E-state index contributed by atoms with van der Waals surface area (Å²) in [6, 6.07) is 0. The number of nitrogens with zero attached hydrogens (tertiary/aromatic N) is 4.